The first-order valence-electron chi connectivity index (χ1n) is 15.5. The molecule has 46 heavy (non-hydrogen) atoms. The number of anilines is 1. The first-order valence-corrected chi connectivity index (χ1v) is 16.3. The monoisotopic (exact) mass is 637 g/mol. The fraction of sp³-hybridized carbons (Fsp3) is 0.333. The molecule has 0 fully saturated rings. The number of carbonyl (C=O) groups excluding carboxylic acids is 4. The van der Waals surface area contributed by atoms with Crippen molar-refractivity contribution in [2.75, 3.05) is 18.0 Å². The van der Waals surface area contributed by atoms with Gasteiger partial charge in [0.2, 0.25) is 5.91 Å². The molecule has 9 nitrogen and oxygen atoms in total. The van der Waals surface area contributed by atoms with E-state index < -0.39 is 23.6 Å². The molecule has 1 aromatic heterocycles. The molecule has 3 aromatic rings. The van der Waals surface area contributed by atoms with Crippen LogP contribution in [0.3, 0.4) is 0 Å². The number of aromatic nitrogens is 1. The van der Waals surface area contributed by atoms with Crippen molar-refractivity contribution in [3.63, 3.8) is 0 Å². The van der Waals surface area contributed by atoms with E-state index >= 15 is 0 Å². The lowest BCUT2D eigenvalue weighted by molar-refractivity contribution is -0.163. The molecule has 238 valence electrons. The fourth-order valence-electron chi connectivity index (χ4n) is 5.38. The van der Waals surface area contributed by atoms with Gasteiger partial charge >= 0.3 is 0 Å². The Kier molecular flexibility index (Phi) is 11.0. The number of rotatable bonds is 11. The molecule has 0 radical (unpaired) electrons. The summed E-state index contributed by atoms with van der Waals surface area (Å²) >= 11 is 1.44. The lowest BCUT2D eigenvalue weighted by Gasteiger charge is -2.34. The number of hydrogen-bond donors (Lipinski definition) is 0. The molecule has 4 rings (SSSR count). The van der Waals surface area contributed by atoms with Crippen molar-refractivity contribution in [2.24, 2.45) is 0 Å². The Hall–Kier alpha value is -4.88. The van der Waals surface area contributed by atoms with Gasteiger partial charge in [0, 0.05) is 36.7 Å². The van der Waals surface area contributed by atoms with E-state index in [4.69, 9.17) is 4.98 Å². The summed E-state index contributed by atoms with van der Waals surface area (Å²) in [5.74, 6) is -3.61. The average Bonchev–Trinajstić information content (AvgIpc) is 3.44. The Morgan fingerprint density at radius 1 is 0.935 bits per heavy atom. The zero-order chi connectivity index (χ0) is 33.5. The Morgan fingerprint density at radius 3 is 2.09 bits per heavy atom. The van der Waals surface area contributed by atoms with Crippen LogP contribution in [0.4, 0.5) is 5.13 Å². The highest BCUT2D eigenvalue weighted by molar-refractivity contribution is 7.17. The molecule has 0 saturated heterocycles. The second kappa shape index (κ2) is 14.9. The van der Waals surface area contributed by atoms with Gasteiger partial charge in [-0.05, 0) is 68.5 Å². The molecule has 0 unspecified atom stereocenters. The SMILES string of the molecule is CCCCN(CCCC)c1nc(-c2c(C)cccc2C)c(/C=C2\C(=O)N(N(C(C)=O)C(=O)c3ccccc3)C(=O)C(C#N)=C2C)s1. The number of imide groups is 2. The smallest absolute Gasteiger partial charge is 0.291 e. The molecular weight excluding hydrogens is 598 g/mol. The van der Waals surface area contributed by atoms with Crippen molar-refractivity contribution in [3.05, 3.63) is 86.8 Å². The zero-order valence-electron chi connectivity index (χ0n) is 27.2. The van der Waals surface area contributed by atoms with E-state index in [-0.39, 0.29) is 22.3 Å². The van der Waals surface area contributed by atoms with E-state index in [9.17, 15) is 24.4 Å². The van der Waals surface area contributed by atoms with Gasteiger partial charge in [0.1, 0.15) is 11.6 Å². The molecule has 0 saturated carbocycles. The summed E-state index contributed by atoms with van der Waals surface area (Å²) < 4.78 is 0. The lowest BCUT2D eigenvalue weighted by Crippen LogP contribution is -2.57. The maximum absolute atomic E-state index is 14.2. The minimum Gasteiger partial charge on any atom is -0.348 e. The fourth-order valence-corrected chi connectivity index (χ4v) is 6.45. The first kappa shape index (κ1) is 34.0. The third-order valence-electron chi connectivity index (χ3n) is 7.90. The van der Waals surface area contributed by atoms with Gasteiger partial charge in [-0.25, -0.2) is 4.98 Å². The summed E-state index contributed by atoms with van der Waals surface area (Å²) in [4.78, 5) is 62.3. The third kappa shape index (κ3) is 6.85. The van der Waals surface area contributed by atoms with Crippen molar-refractivity contribution in [1.29, 1.82) is 5.26 Å². The Bertz CT molecular complexity index is 1740. The summed E-state index contributed by atoms with van der Waals surface area (Å²) in [6, 6.07) is 15.8. The maximum atomic E-state index is 14.2. The van der Waals surface area contributed by atoms with E-state index in [0.29, 0.717) is 20.6 Å². The quantitative estimate of drug-likeness (QED) is 0.164. The lowest BCUT2D eigenvalue weighted by atomic mass is 9.94. The van der Waals surface area contributed by atoms with Crippen LogP contribution in [0.25, 0.3) is 17.3 Å². The minimum atomic E-state index is -1.04. The van der Waals surface area contributed by atoms with Crippen LogP contribution in [0.5, 0.6) is 0 Å². The molecule has 1 aliphatic heterocycles. The molecule has 2 aromatic carbocycles. The number of benzene rings is 2. The number of unbranched alkanes of at least 4 members (excludes halogenated alkanes) is 2. The highest BCUT2D eigenvalue weighted by Crippen LogP contribution is 2.40. The number of hydrogen-bond acceptors (Lipinski definition) is 8. The van der Waals surface area contributed by atoms with Gasteiger partial charge in [-0.3, -0.25) is 19.2 Å². The summed E-state index contributed by atoms with van der Waals surface area (Å²) in [6.07, 6.45) is 5.69. The van der Waals surface area contributed by atoms with Crippen molar-refractivity contribution in [1.82, 2.24) is 15.0 Å². The predicted octanol–water partition coefficient (Wildman–Crippen LogP) is 7.03. The van der Waals surface area contributed by atoms with Gasteiger partial charge < -0.3 is 4.90 Å². The van der Waals surface area contributed by atoms with E-state index in [1.807, 2.05) is 38.1 Å². The summed E-state index contributed by atoms with van der Waals surface area (Å²) in [7, 11) is 0. The largest absolute Gasteiger partial charge is 0.348 e. The molecule has 2 heterocycles. The maximum Gasteiger partial charge on any atom is 0.291 e. The van der Waals surface area contributed by atoms with Gasteiger partial charge in [-0.1, -0.05) is 74.4 Å². The van der Waals surface area contributed by atoms with Crippen molar-refractivity contribution >= 4 is 46.2 Å². The molecule has 0 N–H and O–H groups in total. The van der Waals surface area contributed by atoms with Crippen molar-refractivity contribution in [2.45, 2.75) is 67.2 Å². The number of thiazole rings is 1. The third-order valence-corrected chi connectivity index (χ3v) is 8.96. The van der Waals surface area contributed by atoms with Crippen LogP contribution in [0, 0.1) is 25.2 Å². The van der Waals surface area contributed by atoms with Crippen LogP contribution < -0.4 is 4.90 Å². The van der Waals surface area contributed by atoms with Crippen LogP contribution in [-0.2, 0) is 14.4 Å². The first-order chi connectivity index (χ1) is 22.0. The number of carbonyl (C=O) groups is 4. The van der Waals surface area contributed by atoms with E-state index in [0.717, 1.165) is 67.5 Å². The predicted molar refractivity (Wildman–Crippen MR) is 180 cm³/mol. The molecule has 4 amide bonds. The number of hydrazine groups is 1. The number of amides is 4. The topological polar surface area (TPSA) is 115 Å². The van der Waals surface area contributed by atoms with Crippen LogP contribution >= 0.6 is 11.3 Å². The average molecular weight is 638 g/mol. The second-order valence-electron chi connectivity index (χ2n) is 11.3. The zero-order valence-corrected chi connectivity index (χ0v) is 28.0. The summed E-state index contributed by atoms with van der Waals surface area (Å²) in [5, 5.41) is 11.9. The van der Waals surface area contributed by atoms with Crippen LogP contribution in [0.2, 0.25) is 0 Å². The van der Waals surface area contributed by atoms with Gasteiger partial charge in [0.15, 0.2) is 5.13 Å². The van der Waals surface area contributed by atoms with E-state index in [2.05, 4.69) is 18.7 Å². The summed E-state index contributed by atoms with van der Waals surface area (Å²) in [5.41, 5.74) is 3.62. The van der Waals surface area contributed by atoms with Crippen molar-refractivity contribution < 1.29 is 19.2 Å². The van der Waals surface area contributed by atoms with Crippen LogP contribution in [0.1, 0.15) is 79.7 Å². The minimum absolute atomic E-state index is 0.0274. The molecule has 1 aliphatic rings. The van der Waals surface area contributed by atoms with E-state index in [1.165, 1.54) is 30.4 Å². The van der Waals surface area contributed by atoms with Gasteiger partial charge in [0.25, 0.3) is 17.7 Å². The number of aryl methyl sites for hydroxylation is 2. The van der Waals surface area contributed by atoms with Gasteiger partial charge in [-0.2, -0.15) is 15.3 Å². The second-order valence-corrected chi connectivity index (χ2v) is 12.3. The Labute approximate surface area is 274 Å². The van der Waals surface area contributed by atoms with Gasteiger partial charge in [-0.15, -0.1) is 0 Å². The Morgan fingerprint density at radius 2 is 1.54 bits per heavy atom. The van der Waals surface area contributed by atoms with Crippen LogP contribution in [0.15, 0.2) is 65.3 Å². The van der Waals surface area contributed by atoms with Crippen LogP contribution in [-0.4, -0.2) is 51.7 Å². The van der Waals surface area contributed by atoms with E-state index in [1.54, 1.807) is 24.3 Å². The van der Waals surface area contributed by atoms with Gasteiger partial charge in [0.05, 0.1) is 10.6 Å². The molecule has 0 aliphatic carbocycles. The normalized spacial score (nSPS) is 14.1. The molecule has 10 heteroatoms. The highest BCUT2D eigenvalue weighted by atomic mass is 32.1. The molecular formula is C36H39N5O4S. The molecule has 0 bridgehead atoms. The molecule has 0 spiro atoms. The molecule has 0 atom stereocenters. The number of nitriles is 1. The standard InChI is InChI=1S/C36H39N5O4S/c1-7-9-19-39(20-10-8-2)36-38-32(31-23(3)15-14-16-24(31)4)30(46-36)21-28-25(5)29(22-37)35(45)41(34(28)44)40(26(6)42)33(43)27-17-12-11-13-18-27/h11-18,21H,7-10,19-20H2,1-6H3/b28-21-. The number of nitrogens with zero attached hydrogens (tertiary/aromatic N) is 5. The summed E-state index contributed by atoms with van der Waals surface area (Å²) in [6.45, 7) is 12.6. The van der Waals surface area contributed by atoms with Crippen molar-refractivity contribution in [3.8, 4) is 17.3 Å². The highest BCUT2D eigenvalue weighted by Gasteiger charge is 2.43. The Balaban J connectivity index is 1.94.